The zero-order valence-corrected chi connectivity index (χ0v) is 18.2. The Morgan fingerprint density at radius 2 is 1.74 bits per heavy atom. The van der Waals surface area contributed by atoms with Crippen molar-refractivity contribution in [2.45, 2.75) is 45.6 Å². The molecule has 2 aliphatic rings. The van der Waals surface area contributed by atoms with Crippen LogP contribution in [0.1, 0.15) is 59.3 Å². The number of rotatable bonds is 4. The molecule has 2 aromatic carbocycles. The summed E-state index contributed by atoms with van der Waals surface area (Å²) in [6.07, 6.45) is 2.98. The van der Waals surface area contributed by atoms with Crippen molar-refractivity contribution < 1.29 is 14.4 Å². The molecule has 0 aromatic heterocycles. The van der Waals surface area contributed by atoms with Crippen molar-refractivity contribution in [2.75, 3.05) is 25.0 Å². The predicted octanol–water partition coefficient (Wildman–Crippen LogP) is 3.71. The minimum Gasteiger partial charge on any atom is -0.339 e. The van der Waals surface area contributed by atoms with Crippen molar-refractivity contribution in [1.29, 1.82) is 0 Å². The molecule has 1 N–H and O–H groups in total. The van der Waals surface area contributed by atoms with E-state index in [4.69, 9.17) is 0 Å². The van der Waals surface area contributed by atoms with Crippen LogP contribution in [0.2, 0.25) is 0 Å². The van der Waals surface area contributed by atoms with Gasteiger partial charge in [-0.05, 0) is 48.9 Å². The molecular weight excluding hydrogens is 390 g/mol. The fourth-order valence-corrected chi connectivity index (χ4v) is 4.76. The highest BCUT2D eigenvalue weighted by Crippen LogP contribution is 2.33. The van der Waals surface area contributed by atoms with Crippen LogP contribution in [0.5, 0.6) is 0 Å². The molecule has 1 unspecified atom stereocenters. The van der Waals surface area contributed by atoms with Crippen molar-refractivity contribution in [1.82, 2.24) is 9.80 Å². The van der Waals surface area contributed by atoms with E-state index < -0.39 is 0 Å². The summed E-state index contributed by atoms with van der Waals surface area (Å²) < 4.78 is 0. The van der Waals surface area contributed by atoms with Gasteiger partial charge in [-0.25, -0.2) is 0 Å². The normalized spacial score (nSPS) is 17.9. The summed E-state index contributed by atoms with van der Waals surface area (Å²) in [6, 6.07) is 13.2. The molecule has 2 heterocycles. The summed E-state index contributed by atoms with van der Waals surface area (Å²) in [6.45, 7) is 5.56. The molecule has 6 nitrogen and oxygen atoms in total. The number of nitrogens with zero attached hydrogens (tertiary/aromatic N) is 2. The zero-order valence-electron chi connectivity index (χ0n) is 18.2. The number of hydrogen-bond donors (Lipinski definition) is 1. The summed E-state index contributed by atoms with van der Waals surface area (Å²) in [7, 11) is 0. The average molecular weight is 420 g/mol. The lowest BCUT2D eigenvalue weighted by molar-refractivity contribution is -0.132. The van der Waals surface area contributed by atoms with Gasteiger partial charge in [-0.2, -0.15) is 0 Å². The van der Waals surface area contributed by atoms with E-state index in [1.54, 1.807) is 17.9 Å². The third-order valence-corrected chi connectivity index (χ3v) is 6.35. The SMILES string of the molecule is CC(=O)N1CCc2ccccc2C1CC(=O)Nc1cccc(C)c1C(=O)N1CCCC1. The number of carbonyl (C=O) groups excluding carboxylic acids is 3. The van der Waals surface area contributed by atoms with Crippen LogP contribution in [0, 0.1) is 6.92 Å². The smallest absolute Gasteiger partial charge is 0.256 e. The van der Waals surface area contributed by atoms with E-state index in [-0.39, 0.29) is 30.2 Å². The zero-order chi connectivity index (χ0) is 22.0. The Morgan fingerprint density at radius 3 is 2.48 bits per heavy atom. The van der Waals surface area contributed by atoms with Crippen LogP contribution in [-0.4, -0.2) is 47.2 Å². The lowest BCUT2D eigenvalue weighted by Gasteiger charge is -2.36. The number of anilines is 1. The number of carbonyl (C=O) groups is 3. The topological polar surface area (TPSA) is 69.7 Å². The number of hydrogen-bond acceptors (Lipinski definition) is 3. The van der Waals surface area contributed by atoms with Gasteiger partial charge >= 0.3 is 0 Å². The largest absolute Gasteiger partial charge is 0.339 e. The standard InChI is InChI=1S/C25H29N3O3/c1-17-8-7-11-21(24(17)25(31)27-13-5-6-14-27)26-23(30)16-22-20-10-4-3-9-19(20)12-15-28(22)18(2)29/h3-4,7-11,22H,5-6,12-16H2,1-2H3,(H,26,30). The number of fused-ring (bicyclic) bond motifs is 1. The van der Waals surface area contributed by atoms with Crippen molar-refractivity contribution in [3.63, 3.8) is 0 Å². The Bertz CT molecular complexity index is 1010. The molecule has 162 valence electrons. The Labute approximate surface area is 183 Å². The van der Waals surface area contributed by atoms with E-state index in [0.717, 1.165) is 43.5 Å². The maximum Gasteiger partial charge on any atom is 0.256 e. The van der Waals surface area contributed by atoms with Gasteiger partial charge in [0, 0.05) is 26.6 Å². The molecular formula is C25H29N3O3. The van der Waals surface area contributed by atoms with Crippen LogP contribution >= 0.6 is 0 Å². The van der Waals surface area contributed by atoms with E-state index in [2.05, 4.69) is 11.4 Å². The molecule has 1 saturated heterocycles. The summed E-state index contributed by atoms with van der Waals surface area (Å²) in [5, 5.41) is 2.97. The minimum atomic E-state index is -0.301. The third-order valence-electron chi connectivity index (χ3n) is 6.35. The molecule has 4 rings (SSSR count). The lowest BCUT2D eigenvalue weighted by Crippen LogP contribution is -2.40. The van der Waals surface area contributed by atoms with Crippen molar-refractivity contribution >= 4 is 23.4 Å². The van der Waals surface area contributed by atoms with Gasteiger partial charge in [-0.1, -0.05) is 36.4 Å². The number of benzene rings is 2. The van der Waals surface area contributed by atoms with Gasteiger partial charge in [-0.15, -0.1) is 0 Å². The quantitative estimate of drug-likeness (QED) is 0.821. The molecule has 0 spiro atoms. The molecule has 0 bridgehead atoms. The van der Waals surface area contributed by atoms with Gasteiger partial charge in [0.05, 0.1) is 23.7 Å². The highest BCUT2D eigenvalue weighted by molar-refractivity contribution is 6.05. The number of nitrogens with one attached hydrogen (secondary N) is 1. The first-order chi connectivity index (χ1) is 15.0. The van der Waals surface area contributed by atoms with Crippen molar-refractivity contribution in [3.8, 4) is 0 Å². The highest BCUT2D eigenvalue weighted by atomic mass is 16.2. The van der Waals surface area contributed by atoms with Crippen LogP contribution in [0.4, 0.5) is 5.69 Å². The molecule has 1 atom stereocenters. The van der Waals surface area contributed by atoms with Crippen LogP contribution in [0.3, 0.4) is 0 Å². The minimum absolute atomic E-state index is 0.0284. The Hall–Kier alpha value is -3.15. The first-order valence-corrected chi connectivity index (χ1v) is 11.0. The molecule has 2 aromatic rings. The highest BCUT2D eigenvalue weighted by Gasteiger charge is 2.31. The first-order valence-electron chi connectivity index (χ1n) is 11.0. The summed E-state index contributed by atoms with van der Waals surface area (Å²) in [5.41, 5.74) is 4.16. The van der Waals surface area contributed by atoms with Gasteiger partial charge < -0.3 is 15.1 Å². The van der Waals surface area contributed by atoms with Crippen LogP contribution in [0.25, 0.3) is 0 Å². The number of likely N-dealkylation sites (tertiary alicyclic amines) is 1. The van der Waals surface area contributed by atoms with Crippen molar-refractivity contribution in [2.24, 2.45) is 0 Å². The lowest BCUT2D eigenvalue weighted by atomic mass is 9.90. The van der Waals surface area contributed by atoms with E-state index >= 15 is 0 Å². The van der Waals surface area contributed by atoms with E-state index in [1.165, 1.54) is 5.56 Å². The predicted molar refractivity (Wildman–Crippen MR) is 120 cm³/mol. The van der Waals surface area contributed by atoms with Gasteiger partial charge in [0.1, 0.15) is 0 Å². The van der Waals surface area contributed by atoms with E-state index in [0.29, 0.717) is 17.8 Å². The van der Waals surface area contributed by atoms with Gasteiger partial charge in [0.2, 0.25) is 11.8 Å². The van der Waals surface area contributed by atoms with Crippen LogP contribution in [0.15, 0.2) is 42.5 Å². The number of amides is 3. The Kier molecular flexibility index (Phi) is 6.07. The summed E-state index contributed by atoms with van der Waals surface area (Å²) in [5.74, 6) is -0.263. The molecule has 6 heteroatoms. The molecule has 31 heavy (non-hydrogen) atoms. The first kappa shape index (κ1) is 21.1. The molecule has 0 radical (unpaired) electrons. The second-order valence-electron chi connectivity index (χ2n) is 8.43. The summed E-state index contributed by atoms with van der Waals surface area (Å²) >= 11 is 0. The number of aryl methyl sites for hydroxylation is 1. The van der Waals surface area contributed by atoms with E-state index in [1.807, 2.05) is 42.2 Å². The van der Waals surface area contributed by atoms with E-state index in [9.17, 15) is 14.4 Å². The Balaban J connectivity index is 1.57. The average Bonchev–Trinajstić information content (AvgIpc) is 3.28. The maximum absolute atomic E-state index is 13.1. The van der Waals surface area contributed by atoms with Gasteiger partial charge in [0.15, 0.2) is 0 Å². The summed E-state index contributed by atoms with van der Waals surface area (Å²) in [4.78, 5) is 42.0. The molecule has 2 aliphatic heterocycles. The molecule has 1 fully saturated rings. The van der Waals surface area contributed by atoms with Crippen LogP contribution in [-0.2, 0) is 16.0 Å². The maximum atomic E-state index is 13.1. The third kappa shape index (κ3) is 4.33. The van der Waals surface area contributed by atoms with Gasteiger partial charge in [-0.3, -0.25) is 14.4 Å². The second-order valence-corrected chi connectivity index (χ2v) is 8.43. The fourth-order valence-electron chi connectivity index (χ4n) is 4.76. The second kappa shape index (κ2) is 8.92. The molecule has 3 amide bonds. The molecule has 0 saturated carbocycles. The van der Waals surface area contributed by atoms with Crippen LogP contribution < -0.4 is 5.32 Å². The fraction of sp³-hybridized carbons (Fsp3) is 0.400. The monoisotopic (exact) mass is 419 g/mol. The Morgan fingerprint density at radius 1 is 1.00 bits per heavy atom. The van der Waals surface area contributed by atoms with Crippen molar-refractivity contribution in [3.05, 3.63) is 64.7 Å². The van der Waals surface area contributed by atoms with Gasteiger partial charge in [0.25, 0.3) is 5.91 Å². The molecule has 0 aliphatic carbocycles.